The minimum atomic E-state index is -0.508. The number of rotatable bonds is 8. The Kier molecular flexibility index (Phi) is 6.49. The molecule has 4 nitrogen and oxygen atoms in total. The topological polar surface area (TPSA) is 47.6 Å². The summed E-state index contributed by atoms with van der Waals surface area (Å²) in [7, 11) is 0. The molecule has 0 aromatic carbocycles. The summed E-state index contributed by atoms with van der Waals surface area (Å²) < 4.78 is 11.4. The molecular weight excluding hydrogens is 266 g/mol. The van der Waals surface area contributed by atoms with Gasteiger partial charge in [0, 0.05) is 13.0 Å². The number of carbonyl (C=O) groups excluding carboxylic acids is 1. The van der Waals surface area contributed by atoms with Crippen molar-refractivity contribution in [2.45, 2.75) is 76.9 Å². The maximum atomic E-state index is 12.3. The number of ether oxygens (including phenoxy) is 2. The van der Waals surface area contributed by atoms with Gasteiger partial charge in [0.1, 0.15) is 5.54 Å². The summed E-state index contributed by atoms with van der Waals surface area (Å²) in [6.07, 6.45) is 9.11. The average molecular weight is 297 g/mol. The Labute approximate surface area is 129 Å². The molecule has 0 heterocycles. The first-order chi connectivity index (χ1) is 10.2. The van der Waals surface area contributed by atoms with Crippen molar-refractivity contribution in [2.75, 3.05) is 19.8 Å². The lowest BCUT2D eigenvalue weighted by molar-refractivity contribution is -0.151. The Bertz CT molecular complexity index is 328. The third-order valence-electron chi connectivity index (χ3n) is 4.89. The number of carbonyl (C=O) groups is 1. The predicted octanol–water partition coefficient (Wildman–Crippen LogP) is 3.05. The lowest BCUT2D eigenvalue weighted by atomic mass is 9.97. The van der Waals surface area contributed by atoms with Crippen molar-refractivity contribution in [3.63, 3.8) is 0 Å². The number of nitrogens with one attached hydrogen (secondary N) is 1. The van der Waals surface area contributed by atoms with E-state index in [9.17, 15) is 4.79 Å². The van der Waals surface area contributed by atoms with E-state index in [0.29, 0.717) is 6.61 Å². The van der Waals surface area contributed by atoms with E-state index >= 15 is 0 Å². The zero-order valence-electron chi connectivity index (χ0n) is 13.7. The summed E-state index contributed by atoms with van der Waals surface area (Å²) in [5.74, 6) is 0.650. The third kappa shape index (κ3) is 4.43. The molecule has 2 atom stereocenters. The highest BCUT2D eigenvalue weighted by molar-refractivity contribution is 5.81. The minimum Gasteiger partial charge on any atom is -0.465 e. The predicted molar refractivity (Wildman–Crippen MR) is 83.2 cm³/mol. The van der Waals surface area contributed by atoms with Crippen LogP contribution in [0.15, 0.2) is 0 Å². The number of hydrogen-bond acceptors (Lipinski definition) is 4. The molecule has 0 spiro atoms. The normalized spacial score (nSPS) is 29.9. The SMILES string of the molecule is CCCNC1(C(=O)OCC)CCC(OCC2CCCC2)C1. The van der Waals surface area contributed by atoms with Gasteiger partial charge in [-0.05, 0) is 51.5 Å². The molecule has 0 aliphatic heterocycles. The van der Waals surface area contributed by atoms with Crippen LogP contribution in [-0.4, -0.2) is 37.4 Å². The van der Waals surface area contributed by atoms with Crippen molar-refractivity contribution in [3.05, 3.63) is 0 Å². The summed E-state index contributed by atoms with van der Waals surface area (Å²) in [6.45, 7) is 6.16. The number of esters is 1. The van der Waals surface area contributed by atoms with Gasteiger partial charge in [-0.15, -0.1) is 0 Å². The Morgan fingerprint density at radius 2 is 2.00 bits per heavy atom. The molecule has 2 aliphatic rings. The van der Waals surface area contributed by atoms with Crippen LogP contribution in [0, 0.1) is 5.92 Å². The van der Waals surface area contributed by atoms with Crippen molar-refractivity contribution in [2.24, 2.45) is 5.92 Å². The highest BCUT2D eigenvalue weighted by Crippen LogP contribution is 2.34. The van der Waals surface area contributed by atoms with Gasteiger partial charge in [0.25, 0.3) is 0 Å². The van der Waals surface area contributed by atoms with E-state index in [4.69, 9.17) is 9.47 Å². The Morgan fingerprint density at radius 1 is 1.24 bits per heavy atom. The molecule has 1 N–H and O–H groups in total. The lowest BCUT2D eigenvalue weighted by Gasteiger charge is -2.28. The molecule has 2 aliphatic carbocycles. The van der Waals surface area contributed by atoms with E-state index in [1.165, 1.54) is 25.7 Å². The molecule has 4 heteroatoms. The van der Waals surface area contributed by atoms with Crippen molar-refractivity contribution in [3.8, 4) is 0 Å². The smallest absolute Gasteiger partial charge is 0.326 e. The molecule has 0 bridgehead atoms. The summed E-state index contributed by atoms with van der Waals surface area (Å²) in [5, 5.41) is 3.43. The minimum absolute atomic E-state index is 0.0922. The van der Waals surface area contributed by atoms with Gasteiger partial charge < -0.3 is 14.8 Å². The molecule has 2 saturated carbocycles. The first-order valence-corrected chi connectivity index (χ1v) is 8.74. The van der Waals surface area contributed by atoms with E-state index in [0.717, 1.165) is 44.8 Å². The van der Waals surface area contributed by atoms with Crippen LogP contribution in [0.2, 0.25) is 0 Å². The second-order valence-electron chi connectivity index (χ2n) is 6.58. The van der Waals surface area contributed by atoms with E-state index in [-0.39, 0.29) is 12.1 Å². The summed E-state index contributed by atoms with van der Waals surface area (Å²) in [5.41, 5.74) is -0.508. The standard InChI is InChI=1S/C17H31NO3/c1-3-11-18-17(16(19)20-4-2)10-9-15(12-17)21-13-14-7-5-6-8-14/h14-15,18H,3-13H2,1-2H3. The van der Waals surface area contributed by atoms with Gasteiger partial charge in [0.2, 0.25) is 0 Å². The largest absolute Gasteiger partial charge is 0.465 e. The molecule has 2 unspecified atom stereocenters. The molecule has 21 heavy (non-hydrogen) atoms. The van der Waals surface area contributed by atoms with Gasteiger partial charge in [-0.1, -0.05) is 19.8 Å². The molecular formula is C17H31NO3. The monoisotopic (exact) mass is 297 g/mol. The van der Waals surface area contributed by atoms with Crippen LogP contribution in [-0.2, 0) is 14.3 Å². The maximum absolute atomic E-state index is 12.3. The van der Waals surface area contributed by atoms with E-state index in [1.807, 2.05) is 6.92 Å². The van der Waals surface area contributed by atoms with Gasteiger partial charge in [-0.2, -0.15) is 0 Å². The highest BCUT2D eigenvalue weighted by Gasteiger charge is 2.46. The third-order valence-corrected chi connectivity index (χ3v) is 4.89. The van der Waals surface area contributed by atoms with Crippen LogP contribution in [0.25, 0.3) is 0 Å². The summed E-state index contributed by atoms with van der Waals surface area (Å²) in [6, 6.07) is 0. The number of hydrogen-bond donors (Lipinski definition) is 1. The fourth-order valence-electron chi connectivity index (χ4n) is 3.64. The van der Waals surface area contributed by atoms with Crippen LogP contribution in [0.4, 0.5) is 0 Å². The summed E-state index contributed by atoms with van der Waals surface area (Å²) >= 11 is 0. The van der Waals surface area contributed by atoms with Gasteiger partial charge >= 0.3 is 5.97 Å². The second-order valence-corrected chi connectivity index (χ2v) is 6.58. The molecule has 2 fully saturated rings. The average Bonchev–Trinajstić information content (AvgIpc) is 3.13. The molecule has 2 rings (SSSR count). The van der Waals surface area contributed by atoms with Crippen LogP contribution < -0.4 is 5.32 Å². The van der Waals surface area contributed by atoms with E-state index < -0.39 is 5.54 Å². The zero-order chi connectivity index (χ0) is 15.1. The molecule has 122 valence electrons. The van der Waals surface area contributed by atoms with Crippen LogP contribution in [0.5, 0.6) is 0 Å². The van der Waals surface area contributed by atoms with Crippen LogP contribution in [0.3, 0.4) is 0 Å². The fourth-order valence-corrected chi connectivity index (χ4v) is 3.64. The van der Waals surface area contributed by atoms with E-state index in [2.05, 4.69) is 12.2 Å². The van der Waals surface area contributed by atoms with Gasteiger partial charge in [0.05, 0.1) is 12.7 Å². The van der Waals surface area contributed by atoms with Gasteiger partial charge in [-0.25, -0.2) is 0 Å². The zero-order valence-corrected chi connectivity index (χ0v) is 13.7. The molecule has 0 aromatic rings. The van der Waals surface area contributed by atoms with Crippen LogP contribution in [0.1, 0.15) is 65.2 Å². The molecule has 0 aromatic heterocycles. The highest BCUT2D eigenvalue weighted by atomic mass is 16.5. The molecule has 0 amide bonds. The molecule has 0 radical (unpaired) electrons. The Hall–Kier alpha value is -0.610. The van der Waals surface area contributed by atoms with Crippen LogP contribution >= 0.6 is 0 Å². The first kappa shape index (κ1) is 16.8. The summed E-state index contributed by atoms with van der Waals surface area (Å²) in [4.78, 5) is 12.3. The lowest BCUT2D eigenvalue weighted by Crippen LogP contribution is -2.51. The molecule has 0 saturated heterocycles. The van der Waals surface area contributed by atoms with Gasteiger partial charge in [0.15, 0.2) is 0 Å². The second kappa shape index (κ2) is 8.14. The Morgan fingerprint density at radius 3 is 2.67 bits per heavy atom. The fraction of sp³-hybridized carbons (Fsp3) is 0.941. The van der Waals surface area contributed by atoms with Crippen molar-refractivity contribution in [1.82, 2.24) is 5.32 Å². The first-order valence-electron chi connectivity index (χ1n) is 8.74. The maximum Gasteiger partial charge on any atom is 0.326 e. The van der Waals surface area contributed by atoms with Crippen molar-refractivity contribution >= 4 is 5.97 Å². The quantitative estimate of drug-likeness (QED) is 0.700. The van der Waals surface area contributed by atoms with Gasteiger partial charge in [-0.3, -0.25) is 4.79 Å². The van der Waals surface area contributed by atoms with Crippen molar-refractivity contribution in [1.29, 1.82) is 0 Å². The Balaban J connectivity index is 1.85. The van der Waals surface area contributed by atoms with Crippen molar-refractivity contribution < 1.29 is 14.3 Å². The van der Waals surface area contributed by atoms with E-state index in [1.54, 1.807) is 0 Å².